The number of nitrogens with one attached hydrogen (secondary N) is 3. The van der Waals surface area contributed by atoms with Crippen LogP contribution in [0.5, 0.6) is 5.75 Å². The second-order valence-electron chi connectivity index (χ2n) is 8.69. The summed E-state index contributed by atoms with van der Waals surface area (Å²) >= 11 is 7.27. The summed E-state index contributed by atoms with van der Waals surface area (Å²) in [6.07, 6.45) is 3.61. The largest absolute Gasteiger partial charge is 0.486 e. The Morgan fingerprint density at radius 1 is 1.06 bits per heavy atom. The van der Waals surface area contributed by atoms with Gasteiger partial charge in [-0.25, -0.2) is 9.78 Å². The third kappa shape index (κ3) is 6.74. The van der Waals surface area contributed by atoms with Gasteiger partial charge in [-0.1, -0.05) is 36.6 Å². The predicted molar refractivity (Wildman–Crippen MR) is 139 cm³/mol. The minimum Gasteiger partial charge on any atom is -0.486 e. The van der Waals surface area contributed by atoms with E-state index in [1.54, 1.807) is 29.6 Å². The van der Waals surface area contributed by atoms with Crippen LogP contribution in [-0.2, 0) is 6.61 Å². The van der Waals surface area contributed by atoms with Crippen LogP contribution in [0, 0.1) is 13.8 Å². The van der Waals surface area contributed by atoms with E-state index in [-0.39, 0.29) is 30.6 Å². The molecule has 2 atom stereocenters. The van der Waals surface area contributed by atoms with Gasteiger partial charge >= 0.3 is 6.03 Å². The number of hydrogen-bond acceptors (Lipinski definition) is 5. The first-order chi connectivity index (χ1) is 16.9. The molecule has 1 heterocycles. The molecule has 1 saturated carbocycles. The van der Waals surface area contributed by atoms with E-state index in [4.69, 9.17) is 16.3 Å². The van der Waals surface area contributed by atoms with Crippen LogP contribution in [0.4, 0.5) is 10.5 Å². The van der Waals surface area contributed by atoms with Gasteiger partial charge in [-0.15, -0.1) is 11.3 Å². The average molecular weight is 513 g/mol. The van der Waals surface area contributed by atoms with Crippen molar-refractivity contribution in [3.8, 4) is 5.75 Å². The number of carbonyl (C=O) groups excluding carboxylic acids is 2. The first-order valence-corrected chi connectivity index (χ1v) is 12.9. The molecule has 35 heavy (non-hydrogen) atoms. The Morgan fingerprint density at radius 2 is 1.77 bits per heavy atom. The van der Waals surface area contributed by atoms with Crippen molar-refractivity contribution in [2.75, 3.05) is 5.32 Å². The number of aryl methyl sites for hydroxylation is 1. The maximum absolute atomic E-state index is 12.9. The zero-order valence-corrected chi connectivity index (χ0v) is 21.3. The van der Waals surface area contributed by atoms with Crippen molar-refractivity contribution < 1.29 is 14.3 Å². The van der Waals surface area contributed by atoms with Gasteiger partial charge in [0.1, 0.15) is 23.1 Å². The number of rotatable bonds is 7. The Bertz CT molecular complexity index is 1180. The van der Waals surface area contributed by atoms with Crippen molar-refractivity contribution in [3.05, 3.63) is 74.7 Å². The van der Waals surface area contributed by atoms with E-state index in [0.717, 1.165) is 42.5 Å². The van der Waals surface area contributed by atoms with Crippen LogP contribution in [-0.4, -0.2) is 29.0 Å². The third-order valence-electron chi connectivity index (χ3n) is 6.21. The number of amides is 3. The number of halogens is 1. The maximum atomic E-state index is 12.9. The molecule has 184 valence electrons. The number of carbonyl (C=O) groups is 2. The van der Waals surface area contributed by atoms with Gasteiger partial charge in [0.2, 0.25) is 0 Å². The molecule has 0 spiro atoms. The van der Waals surface area contributed by atoms with Crippen molar-refractivity contribution in [3.63, 3.8) is 0 Å². The number of nitrogens with zero attached hydrogens (tertiary/aromatic N) is 1. The number of urea groups is 1. The number of ether oxygens (including phenoxy) is 1. The topological polar surface area (TPSA) is 92.4 Å². The fourth-order valence-corrected chi connectivity index (χ4v) is 4.90. The fourth-order valence-electron chi connectivity index (χ4n) is 4.09. The van der Waals surface area contributed by atoms with E-state index in [1.165, 1.54) is 11.3 Å². The summed E-state index contributed by atoms with van der Waals surface area (Å²) in [4.78, 5) is 30.0. The molecule has 1 fully saturated rings. The fraction of sp³-hybridized carbons (Fsp3) is 0.346. The zero-order chi connectivity index (χ0) is 24.8. The highest BCUT2D eigenvalue weighted by Crippen LogP contribution is 2.22. The molecule has 0 unspecified atom stereocenters. The van der Waals surface area contributed by atoms with E-state index < -0.39 is 0 Å². The monoisotopic (exact) mass is 512 g/mol. The molecule has 3 N–H and O–H groups in total. The van der Waals surface area contributed by atoms with Crippen LogP contribution in [0.15, 0.2) is 47.8 Å². The minimum absolute atomic E-state index is 0.149. The molecule has 0 radical (unpaired) electrons. The summed E-state index contributed by atoms with van der Waals surface area (Å²) in [7, 11) is 0. The SMILES string of the molecule is Cc1cccc(NC(=O)N[C@H]2CCCC[C@H]2NC(=O)c2csc(COc3ccc(Cl)cc3)n2)c1C. The maximum Gasteiger partial charge on any atom is 0.319 e. The second kappa shape index (κ2) is 11.6. The molecule has 2 aromatic carbocycles. The summed E-state index contributed by atoms with van der Waals surface area (Å²) in [5.41, 5.74) is 3.30. The van der Waals surface area contributed by atoms with Gasteiger partial charge in [0.25, 0.3) is 5.91 Å². The lowest BCUT2D eigenvalue weighted by atomic mass is 9.90. The molecular weight excluding hydrogens is 484 g/mol. The summed E-state index contributed by atoms with van der Waals surface area (Å²) in [6.45, 7) is 4.27. The van der Waals surface area contributed by atoms with Gasteiger partial charge in [-0.05, 0) is 68.1 Å². The Kier molecular flexibility index (Phi) is 8.25. The normalized spacial score (nSPS) is 17.5. The molecule has 0 aliphatic heterocycles. The minimum atomic E-state index is -0.264. The van der Waals surface area contributed by atoms with E-state index in [9.17, 15) is 9.59 Å². The average Bonchev–Trinajstić information content (AvgIpc) is 3.32. The summed E-state index contributed by atoms with van der Waals surface area (Å²) in [5, 5.41) is 12.2. The lowest BCUT2D eigenvalue weighted by Crippen LogP contribution is -2.54. The highest BCUT2D eigenvalue weighted by atomic mass is 35.5. The second-order valence-corrected chi connectivity index (χ2v) is 10.1. The molecule has 1 aromatic heterocycles. The van der Waals surface area contributed by atoms with Crippen LogP contribution in [0.2, 0.25) is 5.02 Å². The van der Waals surface area contributed by atoms with Gasteiger partial charge in [0.15, 0.2) is 0 Å². The number of hydrogen-bond donors (Lipinski definition) is 3. The zero-order valence-electron chi connectivity index (χ0n) is 19.8. The Morgan fingerprint density at radius 3 is 2.51 bits per heavy atom. The molecule has 7 nitrogen and oxygen atoms in total. The molecule has 4 rings (SSSR count). The van der Waals surface area contributed by atoms with E-state index >= 15 is 0 Å². The van der Waals surface area contributed by atoms with Gasteiger partial charge in [-0.2, -0.15) is 0 Å². The van der Waals surface area contributed by atoms with Gasteiger partial charge < -0.3 is 20.7 Å². The first-order valence-electron chi connectivity index (χ1n) is 11.7. The number of benzene rings is 2. The highest BCUT2D eigenvalue weighted by Gasteiger charge is 2.29. The summed E-state index contributed by atoms with van der Waals surface area (Å²) in [6, 6.07) is 12.3. The predicted octanol–water partition coefficient (Wildman–Crippen LogP) is 5.86. The van der Waals surface area contributed by atoms with Crippen LogP contribution >= 0.6 is 22.9 Å². The lowest BCUT2D eigenvalue weighted by Gasteiger charge is -2.32. The van der Waals surface area contributed by atoms with E-state index in [2.05, 4.69) is 20.9 Å². The molecule has 3 amide bonds. The Balaban J connectivity index is 1.32. The van der Waals surface area contributed by atoms with Crippen molar-refractivity contribution in [2.45, 2.75) is 58.2 Å². The lowest BCUT2D eigenvalue weighted by molar-refractivity contribution is 0.0911. The number of anilines is 1. The molecule has 1 aliphatic rings. The standard InChI is InChI=1S/C26H29ClN4O3S/c1-16-6-5-9-20(17(16)2)30-26(33)31-22-8-4-3-7-21(22)29-25(32)23-15-35-24(28-23)14-34-19-12-10-18(27)11-13-19/h5-6,9-13,15,21-22H,3-4,7-8,14H2,1-2H3,(H,29,32)(H2,30,31,33)/t21-,22+/m1/s1. The van der Waals surface area contributed by atoms with Gasteiger partial charge in [-0.3, -0.25) is 4.79 Å². The van der Waals surface area contributed by atoms with Crippen LogP contribution in [0.3, 0.4) is 0 Å². The summed E-state index contributed by atoms with van der Waals surface area (Å²) in [5.74, 6) is 0.443. The number of aromatic nitrogens is 1. The van der Waals surface area contributed by atoms with E-state index in [1.807, 2.05) is 32.0 Å². The Labute approximate surface area is 214 Å². The molecule has 0 bridgehead atoms. The molecule has 3 aromatic rings. The van der Waals surface area contributed by atoms with E-state index in [0.29, 0.717) is 21.5 Å². The smallest absolute Gasteiger partial charge is 0.319 e. The molecule has 9 heteroatoms. The van der Waals surface area contributed by atoms with Crippen LogP contribution in [0.25, 0.3) is 0 Å². The summed E-state index contributed by atoms with van der Waals surface area (Å²) < 4.78 is 5.72. The van der Waals surface area contributed by atoms with Crippen LogP contribution < -0.4 is 20.7 Å². The van der Waals surface area contributed by atoms with Crippen molar-refractivity contribution in [2.24, 2.45) is 0 Å². The quantitative estimate of drug-likeness (QED) is 0.370. The molecule has 0 saturated heterocycles. The number of thiazole rings is 1. The third-order valence-corrected chi connectivity index (χ3v) is 7.29. The highest BCUT2D eigenvalue weighted by molar-refractivity contribution is 7.09. The van der Waals surface area contributed by atoms with Crippen molar-refractivity contribution in [1.29, 1.82) is 0 Å². The van der Waals surface area contributed by atoms with Crippen molar-refractivity contribution >= 4 is 40.6 Å². The molecular formula is C26H29ClN4O3S. The van der Waals surface area contributed by atoms with Crippen LogP contribution in [0.1, 0.15) is 52.3 Å². The molecule has 1 aliphatic carbocycles. The van der Waals surface area contributed by atoms with Gasteiger partial charge in [0, 0.05) is 22.1 Å². The Hall–Kier alpha value is -3.10. The van der Waals surface area contributed by atoms with Crippen molar-refractivity contribution in [1.82, 2.24) is 15.6 Å². The van der Waals surface area contributed by atoms with Gasteiger partial charge in [0.05, 0.1) is 6.04 Å². The first kappa shape index (κ1) is 25.0.